The lowest BCUT2D eigenvalue weighted by Crippen LogP contribution is -2.30. The first-order valence-corrected chi connectivity index (χ1v) is 6.93. The van der Waals surface area contributed by atoms with Crippen molar-refractivity contribution in [2.24, 2.45) is 5.92 Å². The lowest BCUT2D eigenvalue weighted by Gasteiger charge is -2.22. The van der Waals surface area contributed by atoms with Crippen LogP contribution in [0.25, 0.3) is 11.4 Å². The zero-order chi connectivity index (χ0) is 13.1. The second kappa shape index (κ2) is 5.67. The number of tetrazole rings is 1. The van der Waals surface area contributed by atoms with Crippen molar-refractivity contribution in [3.8, 4) is 11.4 Å². The molecule has 0 radical (unpaired) electrons. The van der Waals surface area contributed by atoms with Crippen LogP contribution in [0.1, 0.15) is 12.8 Å². The van der Waals surface area contributed by atoms with Crippen molar-refractivity contribution in [1.29, 1.82) is 0 Å². The monoisotopic (exact) mass is 277 g/mol. The summed E-state index contributed by atoms with van der Waals surface area (Å²) in [7, 11) is 0. The summed E-state index contributed by atoms with van der Waals surface area (Å²) in [4.78, 5) is 0. The lowest BCUT2D eigenvalue weighted by molar-refractivity contribution is 0.320. The number of hydrogen-bond acceptors (Lipinski definition) is 4. The molecule has 3 rings (SSSR count). The van der Waals surface area contributed by atoms with Crippen LogP contribution in [0.5, 0.6) is 0 Å². The van der Waals surface area contributed by atoms with Gasteiger partial charge in [0.1, 0.15) is 0 Å². The lowest BCUT2D eigenvalue weighted by atomic mass is 9.98. The molecule has 1 saturated heterocycles. The second-order valence-corrected chi connectivity index (χ2v) is 5.32. The van der Waals surface area contributed by atoms with Crippen LogP contribution in [-0.4, -0.2) is 33.3 Å². The first kappa shape index (κ1) is 12.6. The minimum Gasteiger partial charge on any atom is -0.317 e. The molecule has 19 heavy (non-hydrogen) atoms. The van der Waals surface area contributed by atoms with Crippen LogP contribution in [0, 0.1) is 5.92 Å². The summed E-state index contributed by atoms with van der Waals surface area (Å²) in [6.45, 7) is 3.05. The number of piperidine rings is 1. The molecule has 1 aliphatic heterocycles. The van der Waals surface area contributed by atoms with E-state index in [9.17, 15) is 0 Å². The Kier molecular flexibility index (Phi) is 3.75. The molecule has 0 aliphatic carbocycles. The first-order chi connectivity index (χ1) is 9.33. The van der Waals surface area contributed by atoms with E-state index in [1.54, 1.807) is 0 Å². The normalized spacial score (nSPS) is 16.7. The predicted octanol–water partition coefficient (Wildman–Crippen LogP) is 1.99. The van der Waals surface area contributed by atoms with Gasteiger partial charge >= 0.3 is 0 Å². The minimum atomic E-state index is 0.649. The molecule has 0 saturated carbocycles. The third-order valence-corrected chi connectivity index (χ3v) is 3.78. The van der Waals surface area contributed by atoms with Crippen LogP contribution in [0.4, 0.5) is 0 Å². The highest BCUT2D eigenvalue weighted by Gasteiger charge is 2.17. The number of hydrogen-bond donors (Lipinski definition) is 1. The predicted molar refractivity (Wildman–Crippen MR) is 73.9 cm³/mol. The van der Waals surface area contributed by atoms with Gasteiger partial charge in [-0.25, -0.2) is 4.68 Å². The van der Waals surface area contributed by atoms with Crippen molar-refractivity contribution in [2.45, 2.75) is 19.4 Å². The summed E-state index contributed by atoms with van der Waals surface area (Å²) in [5.41, 5.74) is 1.00. The quantitative estimate of drug-likeness (QED) is 0.932. The van der Waals surface area contributed by atoms with Gasteiger partial charge in [0.25, 0.3) is 0 Å². The third kappa shape index (κ3) is 2.93. The fraction of sp³-hybridized carbons (Fsp3) is 0.462. The average molecular weight is 278 g/mol. The van der Waals surface area contributed by atoms with Crippen molar-refractivity contribution in [3.63, 3.8) is 0 Å². The van der Waals surface area contributed by atoms with E-state index in [2.05, 4.69) is 20.8 Å². The van der Waals surface area contributed by atoms with E-state index in [4.69, 9.17) is 11.6 Å². The molecule has 1 fully saturated rings. The number of aromatic nitrogens is 4. The second-order valence-electron chi connectivity index (χ2n) is 4.88. The Labute approximate surface area is 117 Å². The summed E-state index contributed by atoms with van der Waals surface area (Å²) in [5.74, 6) is 1.46. The summed E-state index contributed by atoms with van der Waals surface area (Å²) in [6, 6.07) is 7.63. The fourth-order valence-electron chi connectivity index (χ4n) is 2.44. The van der Waals surface area contributed by atoms with E-state index in [1.165, 1.54) is 12.8 Å². The van der Waals surface area contributed by atoms with E-state index < -0.39 is 0 Å². The molecular formula is C13H16ClN5. The fourth-order valence-corrected chi connectivity index (χ4v) is 2.57. The minimum absolute atomic E-state index is 0.649. The molecule has 100 valence electrons. The van der Waals surface area contributed by atoms with Gasteiger partial charge in [-0.3, -0.25) is 0 Å². The summed E-state index contributed by atoms with van der Waals surface area (Å²) >= 11 is 5.90. The van der Waals surface area contributed by atoms with Crippen LogP contribution in [0.2, 0.25) is 5.02 Å². The molecule has 6 heteroatoms. The van der Waals surface area contributed by atoms with E-state index in [0.717, 1.165) is 36.0 Å². The number of benzene rings is 1. The Morgan fingerprint density at radius 3 is 2.68 bits per heavy atom. The molecule has 0 atom stereocenters. The first-order valence-electron chi connectivity index (χ1n) is 6.56. The molecule has 0 spiro atoms. The van der Waals surface area contributed by atoms with Gasteiger partial charge in [-0.05, 0) is 66.5 Å². The molecule has 5 nitrogen and oxygen atoms in total. The van der Waals surface area contributed by atoms with E-state index in [0.29, 0.717) is 5.92 Å². The van der Waals surface area contributed by atoms with Crippen LogP contribution in [0.15, 0.2) is 24.3 Å². The highest BCUT2D eigenvalue weighted by Crippen LogP contribution is 2.21. The summed E-state index contributed by atoms with van der Waals surface area (Å²) < 4.78 is 1.90. The van der Waals surface area contributed by atoms with Crippen molar-refractivity contribution in [2.75, 3.05) is 13.1 Å². The largest absolute Gasteiger partial charge is 0.317 e. The highest BCUT2D eigenvalue weighted by atomic mass is 35.5. The van der Waals surface area contributed by atoms with Crippen molar-refractivity contribution in [3.05, 3.63) is 29.3 Å². The number of nitrogens with zero attached hydrogens (tertiary/aromatic N) is 4. The molecule has 2 aromatic rings. The highest BCUT2D eigenvalue weighted by molar-refractivity contribution is 6.30. The molecule has 1 aromatic heterocycles. The number of halogens is 1. The van der Waals surface area contributed by atoms with Gasteiger partial charge in [-0.1, -0.05) is 11.6 Å². The molecule has 0 bridgehead atoms. The van der Waals surface area contributed by atoms with E-state index in [-0.39, 0.29) is 0 Å². The summed E-state index contributed by atoms with van der Waals surface area (Å²) in [5, 5.41) is 16.1. The standard InChI is InChI=1S/C13H16ClN5/c14-12-3-1-11(2-4-12)13-16-17-18-19(13)9-10-5-7-15-8-6-10/h1-4,10,15H,5-9H2. The van der Waals surface area contributed by atoms with Gasteiger partial charge < -0.3 is 5.32 Å². The van der Waals surface area contributed by atoms with Gasteiger partial charge in [-0.2, -0.15) is 0 Å². The smallest absolute Gasteiger partial charge is 0.182 e. The van der Waals surface area contributed by atoms with Crippen LogP contribution in [-0.2, 0) is 6.54 Å². The maximum absolute atomic E-state index is 5.90. The molecule has 1 aromatic carbocycles. The maximum Gasteiger partial charge on any atom is 0.182 e. The third-order valence-electron chi connectivity index (χ3n) is 3.52. The van der Waals surface area contributed by atoms with Gasteiger partial charge in [0, 0.05) is 17.1 Å². The Balaban J connectivity index is 1.79. The van der Waals surface area contributed by atoms with Gasteiger partial charge in [0.15, 0.2) is 5.82 Å². The van der Waals surface area contributed by atoms with Crippen molar-refractivity contribution in [1.82, 2.24) is 25.5 Å². The van der Waals surface area contributed by atoms with Crippen LogP contribution in [0.3, 0.4) is 0 Å². The molecular weight excluding hydrogens is 262 g/mol. The molecule has 0 unspecified atom stereocenters. The molecule has 0 amide bonds. The Morgan fingerprint density at radius 2 is 1.95 bits per heavy atom. The molecule has 2 heterocycles. The van der Waals surface area contributed by atoms with E-state index in [1.807, 2.05) is 28.9 Å². The molecule has 1 N–H and O–H groups in total. The Hall–Kier alpha value is -1.46. The SMILES string of the molecule is Clc1ccc(-c2nnnn2CC2CCNCC2)cc1. The average Bonchev–Trinajstić information content (AvgIpc) is 2.89. The Morgan fingerprint density at radius 1 is 1.21 bits per heavy atom. The van der Waals surface area contributed by atoms with E-state index >= 15 is 0 Å². The number of rotatable bonds is 3. The molecule has 1 aliphatic rings. The van der Waals surface area contributed by atoms with Crippen LogP contribution < -0.4 is 5.32 Å². The van der Waals surface area contributed by atoms with Gasteiger partial charge in [0.05, 0.1) is 0 Å². The zero-order valence-corrected chi connectivity index (χ0v) is 11.3. The maximum atomic E-state index is 5.90. The van der Waals surface area contributed by atoms with Crippen molar-refractivity contribution >= 4 is 11.6 Å². The topological polar surface area (TPSA) is 55.6 Å². The van der Waals surface area contributed by atoms with Crippen molar-refractivity contribution < 1.29 is 0 Å². The van der Waals surface area contributed by atoms with Gasteiger partial charge in [0.2, 0.25) is 0 Å². The zero-order valence-electron chi connectivity index (χ0n) is 10.6. The Bertz CT molecular complexity index is 530. The van der Waals surface area contributed by atoms with Gasteiger partial charge in [-0.15, -0.1) is 5.10 Å². The van der Waals surface area contributed by atoms with Crippen LogP contribution >= 0.6 is 11.6 Å². The number of nitrogens with one attached hydrogen (secondary N) is 1. The summed E-state index contributed by atoms with van der Waals surface area (Å²) in [6.07, 6.45) is 2.36.